The van der Waals surface area contributed by atoms with E-state index in [1.165, 1.54) is 17.8 Å². The molecular formula is C20H19ClFN3S. The molecule has 1 saturated heterocycles. The molecule has 134 valence electrons. The van der Waals surface area contributed by atoms with Crippen molar-refractivity contribution in [3.8, 4) is 10.6 Å². The molecular weight excluding hydrogens is 369 g/mol. The van der Waals surface area contributed by atoms with Crippen molar-refractivity contribution in [2.75, 3.05) is 31.1 Å². The van der Waals surface area contributed by atoms with Crippen LogP contribution in [-0.4, -0.2) is 36.1 Å². The lowest BCUT2D eigenvalue weighted by atomic mass is 10.2. The van der Waals surface area contributed by atoms with Crippen molar-refractivity contribution in [1.82, 2.24) is 9.88 Å². The van der Waals surface area contributed by atoms with Crippen molar-refractivity contribution in [1.29, 1.82) is 0 Å². The minimum atomic E-state index is -0.219. The largest absolute Gasteiger partial charge is 0.369 e. The Morgan fingerprint density at radius 1 is 1.04 bits per heavy atom. The topological polar surface area (TPSA) is 19.4 Å². The van der Waals surface area contributed by atoms with Crippen LogP contribution in [0.25, 0.3) is 10.6 Å². The van der Waals surface area contributed by atoms with Crippen molar-refractivity contribution in [2.45, 2.75) is 6.54 Å². The van der Waals surface area contributed by atoms with Crippen LogP contribution in [0.5, 0.6) is 0 Å². The Labute approximate surface area is 161 Å². The van der Waals surface area contributed by atoms with E-state index in [-0.39, 0.29) is 5.82 Å². The molecule has 3 aromatic rings. The highest BCUT2D eigenvalue weighted by Crippen LogP contribution is 2.25. The third-order valence-corrected chi connectivity index (χ3v) is 5.75. The maximum absolute atomic E-state index is 13.1. The maximum Gasteiger partial charge on any atom is 0.123 e. The predicted octanol–water partition coefficient (Wildman–Crippen LogP) is 4.92. The quantitative estimate of drug-likeness (QED) is 0.633. The molecule has 0 bridgehead atoms. The molecule has 0 N–H and O–H groups in total. The molecule has 1 aromatic heterocycles. The van der Waals surface area contributed by atoms with Gasteiger partial charge in [0, 0.05) is 54.4 Å². The van der Waals surface area contributed by atoms with Gasteiger partial charge in [-0.3, -0.25) is 4.90 Å². The summed E-state index contributed by atoms with van der Waals surface area (Å²) in [5.74, 6) is -0.219. The van der Waals surface area contributed by atoms with E-state index in [1.54, 1.807) is 23.5 Å². The normalized spacial score (nSPS) is 15.4. The molecule has 0 amide bonds. The maximum atomic E-state index is 13.1. The van der Waals surface area contributed by atoms with Gasteiger partial charge in [-0.05, 0) is 42.5 Å². The lowest BCUT2D eigenvalue weighted by Crippen LogP contribution is -2.46. The summed E-state index contributed by atoms with van der Waals surface area (Å²) in [6.45, 7) is 4.80. The molecule has 0 saturated carbocycles. The Kier molecular flexibility index (Phi) is 5.20. The molecule has 26 heavy (non-hydrogen) atoms. The SMILES string of the molecule is Fc1ccc(-c2nc(CN3CCN(c4cccc(Cl)c4)CC3)cs2)cc1. The zero-order chi connectivity index (χ0) is 17.9. The van der Waals surface area contributed by atoms with Gasteiger partial charge in [0.2, 0.25) is 0 Å². The van der Waals surface area contributed by atoms with Crippen LogP contribution in [0.1, 0.15) is 5.69 Å². The van der Waals surface area contributed by atoms with Crippen LogP contribution in [0.4, 0.5) is 10.1 Å². The van der Waals surface area contributed by atoms with Gasteiger partial charge in [0.1, 0.15) is 10.8 Å². The summed E-state index contributed by atoms with van der Waals surface area (Å²) in [6.07, 6.45) is 0. The standard InChI is InChI=1S/C20H19ClFN3S/c21-16-2-1-3-19(12-16)25-10-8-24(9-11-25)13-18-14-26-20(23-18)15-4-6-17(22)7-5-15/h1-7,12,14H,8-11,13H2. The first-order chi connectivity index (χ1) is 12.7. The second-order valence-corrected chi connectivity index (χ2v) is 7.69. The number of benzene rings is 2. The van der Waals surface area contributed by atoms with Gasteiger partial charge in [-0.1, -0.05) is 17.7 Å². The molecule has 0 atom stereocenters. The number of anilines is 1. The van der Waals surface area contributed by atoms with Crippen LogP contribution in [-0.2, 0) is 6.54 Å². The number of thiazole rings is 1. The minimum absolute atomic E-state index is 0.219. The highest BCUT2D eigenvalue weighted by Gasteiger charge is 2.18. The van der Waals surface area contributed by atoms with E-state index < -0.39 is 0 Å². The highest BCUT2D eigenvalue weighted by molar-refractivity contribution is 7.13. The number of rotatable bonds is 4. The number of nitrogens with zero attached hydrogens (tertiary/aromatic N) is 3. The van der Waals surface area contributed by atoms with E-state index in [2.05, 4.69) is 21.2 Å². The van der Waals surface area contributed by atoms with Gasteiger partial charge < -0.3 is 4.90 Å². The molecule has 1 fully saturated rings. The van der Waals surface area contributed by atoms with Crippen LogP contribution in [0.3, 0.4) is 0 Å². The number of piperazine rings is 1. The second-order valence-electron chi connectivity index (χ2n) is 6.39. The monoisotopic (exact) mass is 387 g/mol. The number of hydrogen-bond donors (Lipinski definition) is 0. The van der Waals surface area contributed by atoms with E-state index in [1.807, 2.05) is 18.2 Å². The Morgan fingerprint density at radius 2 is 1.81 bits per heavy atom. The summed E-state index contributed by atoms with van der Waals surface area (Å²) in [5.41, 5.74) is 3.23. The van der Waals surface area contributed by atoms with Crippen molar-refractivity contribution < 1.29 is 4.39 Å². The fraction of sp³-hybridized carbons (Fsp3) is 0.250. The Bertz CT molecular complexity index is 873. The number of halogens is 2. The van der Waals surface area contributed by atoms with Crippen molar-refractivity contribution >= 4 is 28.6 Å². The van der Waals surface area contributed by atoms with E-state index in [0.717, 1.165) is 54.0 Å². The summed E-state index contributed by atoms with van der Waals surface area (Å²) in [6, 6.07) is 14.5. The second kappa shape index (κ2) is 7.74. The van der Waals surface area contributed by atoms with Gasteiger partial charge in [-0.25, -0.2) is 9.37 Å². The minimum Gasteiger partial charge on any atom is -0.369 e. The number of hydrogen-bond acceptors (Lipinski definition) is 4. The molecule has 1 aliphatic heterocycles. The van der Waals surface area contributed by atoms with Crippen LogP contribution >= 0.6 is 22.9 Å². The first-order valence-electron chi connectivity index (χ1n) is 8.60. The molecule has 6 heteroatoms. The average molecular weight is 388 g/mol. The van der Waals surface area contributed by atoms with E-state index in [4.69, 9.17) is 16.6 Å². The molecule has 2 heterocycles. The van der Waals surface area contributed by atoms with Gasteiger partial charge in [-0.2, -0.15) is 0 Å². The van der Waals surface area contributed by atoms with Crippen LogP contribution in [0.15, 0.2) is 53.9 Å². The lowest BCUT2D eigenvalue weighted by Gasteiger charge is -2.35. The fourth-order valence-corrected chi connectivity index (χ4v) is 4.17. The first-order valence-corrected chi connectivity index (χ1v) is 9.86. The number of aromatic nitrogens is 1. The van der Waals surface area contributed by atoms with Gasteiger partial charge in [0.05, 0.1) is 5.69 Å². The Balaban J connectivity index is 1.35. The van der Waals surface area contributed by atoms with Crippen LogP contribution < -0.4 is 4.90 Å². The lowest BCUT2D eigenvalue weighted by molar-refractivity contribution is 0.247. The fourth-order valence-electron chi connectivity index (χ4n) is 3.17. The van der Waals surface area contributed by atoms with Gasteiger partial charge in [-0.15, -0.1) is 11.3 Å². The van der Waals surface area contributed by atoms with Crippen LogP contribution in [0.2, 0.25) is 5.02 Å². The zero-order valence-electron chi connectivity index (χ0n) is 14.2. The van der Waals surface area contributed by atoms with Gasteiger partial charge in [0.15, 0.2) is 0 Å². The molecule has 1 aliphatic rings. The van der Waals surface area contributed by atoms with E-state index >= 15 is 0 Å². The zero-order valence-corrected chi connectivity index (χ0v) is 15.8. The average Bonchev–Trinajstić information content (AvgIpc) is 3.11. The smallest absolute Gasteiger partial charge is 0.123 e. The predicted molar refractivity (Wildman–Crippen MR) is 106 cm³/mol. The molecule has 0 unspecified atom stereocenters. The molecule has 0 spiro atoms. The van der Waals surface area contributed by atoms with Gasteiger partial charge >= 0.3 is 0 Å². The summed E-state index contributed by atoms with van der Waals surface area (Å²) < 4.78 is 13.1. The van der Waals surface area contributed by atoms with Crippen molar-refractivity contribution in [3.63, 3.8) is 0 Å². The Morgan fingerprint density at radius 3 is 2.54 bits per heavy atom. The molecule has 0 aliphatic carbocycles. The Hall–Kier alpha value is -1.95. The van der Waals surface area contributed by atoms with E-state index in [9.17, 15) is 4.39 Å². The van der Waals surface area contributed by atoms with Crippen molar-refractivity contribution in [3.05, 3.63) is 70.4 Å². The summed E-state index contributed by atoms with van der Waals surface area (Å²) >= 11 is 7.71. The summed E-state index contributed by atoms with van der Waals surface area (Å²) in [7, 11) is 0. The van der Waals surface area contributed by atoms with Crippen molar-refractivity contribution in [2.24, 2.45) is 0 Å². The third-order valence-electron chi connectivity index (χ3n) is 4.57. The van der Waals surface area contributed by atoms with Crippen LogP contribution in [0, 0.1) is 5.82 Å². The molecule has 3 nitrogen and oxygen atoms in total. The van der Waals surface area contributed by atoms with Gasteiger partial charge in [0.25, 0.3) is 0 Å². The van der Waals surface area contributed by atoms with E-state index in [0.29, 0.717) is 0 Å². The summed E-state index contributed by atoms with van der Waals surface area (Å²) in [5, 5.41) is 3.82. The molecule has 2 aromatic carbocycles. The third kappa shape index (κ3) is 4.06. The highest BCUT2D eigenvalue weighted by atomic mass is 35.5. The molecule has 4 rings (SSSR count). The molecule has 0 radical (unpaired) electrons. The summed E-state index contributed by atoms with van der Waals surface area (Å²) in [4.78, 5) is 9.51. The first kappa shape index (κ1) is 17.5.